The summed E-state index contributed by atoms with van der Waals surface area (Å²) in [6.07, 6.45) is 2.93. The predicted octanol–water partition coefficient (Wildman–Crippen LogP) is 1.97. The molecule has 2 aliphatic heterocycles. The topological polar surface area (TPSA) is 70.6 Å². The van der Waals surface area contributed by atoms with Crippen molar-refractivity contribution in [3.8, 4) is 5.75 Å². The average Bonchev–Trinajstić information content (AvgIpc) is 2.53. The molecule has 1 aromatic rings. The normalized spacial score (nSPS) is 26.5. The van der Waals surface area contributed by atoms with Crippen molar-refractivity contribution in [2.45, 2.75) is 50.9 Å². The van der Waals surface area contributed by atoms with Crippen LogP contribution in [0.4, 0.5) is 5.69 Å². The molecule has 1 aromatic carbocycles. The number of aliphatic hydroxyl groups excluding tert-OH is 1. The van der Waals surface area contributed by atoms with E-state index in [0.717, 1.165) is 31.4 Å². The number of ether oxygens (including phenoxy) is 1. The number of benzene rings is 1. The summed E-state index contributed by atoms with van der Waals surface area (Å²) in [5, 5.41) is 16.7. The van der Waals surface area contributed by atoms with Gasteiger partial charge in [-0.2, -0.15) is 0 Å². The minimum atomic E-state index is -0.559. The summed E-state index contributed by atoms with van der Waals surface area (Å²) in [5.74, 6) is 0.557. The Bertz CT molecular complexity index is 526. The van der Waals surface area contributed by atoms with Gasteiger partial charge in [-0.05, 0) is 43.5 Å². The van der Waals surface area contributed by atoms with Crippen LogP contribution in [0.15, 0.2) is 18.2 Å². The molecule has 5 nitrogen and oxygen atoms in total. The number of aliphatic hydroxyl groups is 1. The summed E-state index contributed by atoms with van der Waals surface area (Å²) < 4.78 is 5.66. The Hall–Kier alpha value is -1.59. The highest BCUT2D eigenvalue weighted by atomic mass is 16.5. The van der Waals surface area contributed by atoms with Crippen molar-refractivity contribution in [3.63, 3.8) is 0 Å². The number of nitrogens with one attached hydrogen (secondary N) is 2. The molecule has 0 bridgehead atoms. The third-order valence-electron chi connectivity index (χ3n) is 4.27. The molecule has 114 valence electrons. The first-order chi connectivity index (χ1) is 10.2. The number of hydrogen-bond acceptors (Lipinski definition) is 4. The van der Waals surface area contributed by atoms with Crippen LogP contribution in [0, 0.1) is 0 Å². The molecule has 0 saturated carbocycles. The fourth-order valence-electron chi connectivity index (χ4n) is 3.00. The van der Waals surface area contributed by atoms with E-state index >= 15 is 0 Å². The van der Waals surface area contributed by atoms with Gasteiger partial charge in [0, 0.05) is 6.04 Å². The zero-order chi connectivity index (χ0) is 14.8. The Labute approximate surface area is 124 Å². The van der Waals surface area contributed by atoms with Gasteiger partial charge in [0.05, 0.1) is 11.8 Å². The van der Waals surface area contributed by atoms with Crippen molar-refractivity contribution in [2.24, 2.45) is 0 Å². The van der Waals surface area contributed by atoms with Gasteiger partial charge < -0.3 is 20.5 Å². The molecule has 0 spiro atoms. The summed E-state index contributed by atoms with van der Waals surface area (Å²) in [6.45, 7) is 2.87. The summed E-state index contributed by atoms with van der Waals surface area (Å²) in [6, 6.07) is 5.61. The molecule has 0 aliphatic carbocycles. The quantitative estimate of drug-likeness (QED) is 0.796. The molecule has 5 heteroatoms. The minimum absolute atomic E-state index is 0.0837. The lowest BCUT2D eigenvalue weighted by atomic mass is 9.94. The van der Waals surface area contributed by atoms with E-state index in [4.69, 9.17) is 4.74 Å². The second-order valence-electron chi connectivity index (χ2n) is 5.76. The molecule has 3 N–H and O–H groups in total. The summed E-state index contributed by atoms with van der Waals surface area (Å²) in [4.78, 5) is 11.9. The molecule has 3 unspecified atom stereocenters. The maximum absolute atomic E-state index is 11.9. The van der Waals surface area contributed by atoms with E-state index in [1.165, 1.54) is 0 Å². The van der Waals surface area contributed by atoms with E-state index in [1.54, 1.807) is 0 Å². The van der Waals surface area contributed by atoms with Gasteiger partial charge in [-0.3, -0.25) is 4.79 Å². The molecule has 2 aliphatic rings. The molecule has 1 fully saturated rings. The SMILES string of the molecule is CCC1Oc2ccc(C(O)C3CCCCN3)cc2NC1=O. The van der Waals surface area contributed by atoms with Crippen LogP contribution < -0.4 is 15.4 Å². The Morgan fingerprint density at radius 3 is 3.00 bits per heavy atom. The maximum atomic E-state index is 11.9. The van der Waals surface area contributed by atoms with E-state index < -0.39 is 12.2 Å². The van der Waals surface area contributed by atoms with E-state index in [0.29, 0.717) is 17.9 Å². The third-order valence-corrected chi connectivity index (χ3v) is 4.27. The van der Waals surface area contributed by atoms with Crippen molar-refractivity contribution < 1.29 is 14.6 Å². The predicted molar refractivity (Wildman–Crippen MR) is 80.4 cm³/mol. The molecule has 0 aromatic heterocycles. The van der Waals surface area contributed by atoms with Crippen molar-refractivity contribution in [2.75, 3.05) is 11.9 Å². The number of carbonyl (C=O) groups is 1. The number of amides is 1. The van der Waals surface area contributed by atoms with Crippen LogP contribution in [0.1, 0.15) is 44.3 Å². The first-order valence-corrected chi connectivity index (χ1v) is 7.72. The molecular formula is C16H22N2O3. The highest BCUT2D eigenvalue weighted by Crippen LogP contribution is 2.34. The molecule has 0 radical (unpaired) electrons. The average molecular weight is 290 g/mol. The summed E-state index contributed by atoms with van der Waals surface area (Å²) in [7, 11) is 0. The van der Waals surface area contributed by atoms with Gasteiger partial charge in [-0.1, -0.05) is 19.4 Å². The molecule has 21 heavy (non-hydrogen) atoms. The molecular weight excluding hydrogens is 268 g/mol. The fourth-order valence-corrected chi connectivity index (χ4v) is 3.00. The highest BCUT2D eigenvalue weighted by molar-refractivity contribution is 5.97. The van der Waals surface area contributed by atoms with E-state index in [-0.39, 0.29) is 11.9 Å². The molecule has 3 atom stereocenters. The van der Waals surface area contributed by atoms with Gasteiger partial charge in [0.15, 0.2) is 6.10 Å². The molecule has 2 heterocycles. The first kappa shape index (κ1) is 14.4. The zero-order valence-electron chi connectivity index (χ0n) is 12.3. The van der Waals surface area contributed by atoms with Crippen LogP contribution in [0.3, 0.4) is 0 Å². The van der Waals surface area contributed by atoms with Crippen LogP contribution in [0.25, 0.3) is 0 Å². The Kier molecular flexibility index (Phi) is 4.12. The molecule has 1 amide bonds. The number of hydrogen-bond donors (Lipinski definition) is 3. The third kappa shape index (κ3) is 2.89. The van der Waals surface area contributed by atoms with Gasteiger partial charge in [0.25, 0.3) is 5.91 Å². The van der Waals surface area contributed by atoms with Crippen LogP contribution in [0.5, 0.6) is 5.75 Å². The lowest BCUT2D eigenvalue weighted by molar-refractivity contribution is -0.123. The fraction of sp³-hybridized carbons (Fsp3) is 0.562. The number of fused-ring (bicyclic) bond motifs is 1. The van der Waals surface area contributed by atoms with Gasteiger partial charge in [0.1, 0.15) is 5.75 Å². The van der Waals surface area contributed by atoms with Gasteiger partial charge in [-0.25, -0.2) is 0 Å². The number of rotatable bonds is 3. The molecule has 3 rings (SSSR count). The van der Waals surface area contributed by atoms with Crippen LogP contribution in [0.2, 0.25) is 0 Å². The van der Waals surface area contributed by atoms with Crippen molar-refractivity contribution in [3.05, 3.63) is 23.8 Å². The van der Waals surface area contributed by atoms with Crippen molar-refractivity contribution in [1.29, 1.82) is 0 Å². The first-order valence-electron chi connectivity index (χ1n) is 7.72. The Balaban J connectivity index is 1.79. The lowest BCUT2D eigenvalue weighted by Crippen LogP contribution is -2.39. The number of piperidine rings is 1. The van der Waals surface area contributed by atoms with Gasteiger partial charge >= 0.3 is 0 Å². The highest BCUT2D eigenvalue weighted by Gasteiger charge is 2.28. The second-order valence-corrected chi connectivity index (χ2v) is 5.76. The largest absolute Gasteiger partial charge is 0.478 e. The number of carbonyl (C=O) groups excluding carboxylic acids is 1. The standard InChI is InChI=1S/C16H22N2O3/c1-2-13-16(20)18-12-9-10(6-7-14(12)21-13)15(19)11-5-3-4-8-17-11/h6-7,9,11,13,15,17,19H,2-5,8H2,1H3,(H,18,20). The van der Waals surface area contributed by atoms with Gasteiger partial charge in [0.2, 0.25) is 0 Å². The van der Waals surface area contributed by atoms with Crippen LogP contribution in [-0.4, -0.2) is 29.7 Å². The Morgan fingerprint density at radius 1 is 1.43 bits per heavy atom. The monoisotopic (exact) mass is 290 g/mol. The van der Waals surface area contributed by atoms with E-state index in [9.17, 15) is 9.90 Å². The minimum Gasteiger partial charge on any atom is -0.478 e. The van der Waals surface area contributed by atoms with Crippen LogP contribution in [-0.2, 0) is 4.79 Å². The van der Waals surface area contributed by atoms with Crippen LogP contribution >= 0.6 is 0 Å². The van der Waals surface area contributed by atoms with E-state index in [2.05, 4.69) is 10.6 Å². The summed E-state index contributed by atoms with van der Waals surface area (Å²) >= 11 is 0. The van der Waals surface area contributed by atoms with Crippen molar-refractivity contribution in [1.82, 2.24) is 5.32 Å². The number of anilines is 1. The maximum Gasteiger partial charge on any atom is 0.265 e. The second kappa shape index (κ2) is 6.03. The van der Waals surface area contributed by atoms with Crippen molar-refractivity contribution >= 4 is 11.6 Å². The van der Waals surface area contributed by atoms with Gasteiger partial charge in [-0.15, -0.1) is 0 Å². The summed E-state index contributed by atoms with van der Waals surface area (Å²) in [5.41, 5.74) is 1.46. The lowest BCUT2D eigenvalue weighted by Gasteiger charge is -2.30. The molecule has 1 saturated heterocycles. The smallest absolute Gasteiger partial charge is 0.265 e. The van der Waals surface area contributed by atoms with E-state index in [1.807, 2.05) is 25.1 Å². The zero-order valence-corrected chi connectivity index (χ0v) is 12.3. The Morgan fingerprint density at radius 2 is 2.29 bits per heavy atom.